The third-order valence-electron chi connectivity index (χ3n) is 5.68. The number of aliphatic hydroxyl groups is 1. The van der Waals surface area contributed by atoms with Crippen molar-refractivity contribution in [2.45, 2.75) is 70.6 Å². The molecule has 2 aromatic rings. The van der Waals surface area contributed by atoms with Crippen molar-refractivity contribution in [2.75, 3.05) is 6.61 Å². The Labute approximate surface area is 232 Å². The Morgan fingerprint density at radius 3 is 2.59 bits per heavy atom. The first-order chi connectivity index (χ1) is 18.3. The molecule has 1 aromatic carbocycles. The summed E-state index contributed by atoms with van der Waals surface area (Å²) in [6.07, 6.45) is 4.70. The molecule has 0 amide bonds. The van der Waals surface area contributed by atoms with Crippen LogP contribution in [0.25, 0.3) is 0 Å². The molecule has 1 unspecified atom stereocenters. The van der Waals surface area contributed by atoms with Crippen LogP contribution in [0.3, 0.4) is 0 Å². The van der Waals surface area contributed by atoms with Gasteiger partial charge in [-0.2, -0.15) is 0 Å². The second kappa shape index (κ2) is 13.0. The molecule has 5 atom stereocenters. The fraction of sp³-hybridized carbons (Fsp3) is 0.500. The smallest absolute Gasteiger partial charge is 0.330 e. The minimum absolute atomic E-state index is 0.0920. The number of aromatic nitrogens is 2. The van der Waals surface area contributed by atoms with Gasteiger partial charge in [-0.15, -0.1) is 6.42 Å². The lowest BCUT2D eigenvalue weighted by atomic mass is 9.99. The molecule has 39 heavy (non-hydrogen) atoms. The van der Waals surface area contributed by atoms with E-state index in [2.05, 4.69) is 16.0 Å². The van der Waals surface area contributed by atoms with Gasteiger partial charge in [0.1, 0.15) is 11.8 Å². The van der Waals surface area contributed by atoms with Crippen molar-refractivity contribution in [1.29, 1.82) is 0 Å². The summed E-state index contributed by atoms with van der Waals surface area (Å²) < 4.78 is 24.5. The van der Waals surface area contributed by atoms with Gasteiger partial charge in [0, 0.05) is 18.7 Å². The molecule has 11 nitrogen and oxygen atoms in total. The molecular weight excluding hydrogens is 545 g/mol. The number of ether oxygens (including phenoxy) is 2. The number of H-pyrrole nitrogens is 1. The van der Waals surface area contributed by atoms with E-state index in [-0.39, 0.29) is 25.0 Å². The number of nitrogens with zero attached hydrogens (tertiary/aromatic N) is 1. The van der Waals surface area contributed by atoms with Crippen LogP contribution in [-0.4, -0.2) is 51.1 Å². The van der Waals surface area contributed by atoms with E-state index in [1.54, 1.807) is 38.1 Å². The minimum Gasteiger partial charge on any atom is -0.462 e. The van der Waals surface area contributed by atoms with E-state index < -0.39 is 47.8 Å². The van der Waals surface area contributed by atoms with E-state index in [9.17, 15) is 19.5 Å². The summed E-state index contributed by atoms with van der Waals surface area (Å²) in [4.78, 5) is 38.8. The van der Waals surface area contributed by atoms with Crippen LogP contribution in [-0.2, 0) is 30.6 Å². The van der Waals surface area contributed by atoms with E-state index in [1.165, 1.54) is 6.20 Å². The Morgan fingerprint density at radius 1 is 1.31 bits per heavy atom. The molecule has 0 bridgehead atoms. The molecule has 1 aromatic heterocycles. The van der Waals surface area contributed by atoms with Gasteiger partial charge in [-0.25, -0.2) is 9.88 Å². The molecular formula is C26H34N3O8PS. The summed E-state index contributed by atoms with van der Waals surface area (Å²) in [5.41, 5.74) is -3.26. The summed E-state index contributed by atoms with van der Waals surface area (Å²) in [6.45, 7) is 3.85. The van der Waals surface area contributed by atoms with Gasteiger partial charge in [0.15, 0.2) is 11.8 Å². The van der Waals surface area contributed by atoms with Gasteiger partial charge in [0.05, 0.1) is 18.8 Å². The van der Waals surface area contributed by atoms with Crippen LogP contribution in [0.2, 0.25) is 0 Å². The molecule has 212 valence electrons. The maximum Gasteiger partial charge on any atom is 0.330 e. The molecule has 0 spiro atoms. The molecule has 1 aliphatic rings. The van der Waals surface area contributed by atoms with Crippen LogP contribution in [0.1, 0.15) is 46.8 Å². The third-order valence-corrected chi connectivity index (χ3v) is 8.10. The molecule has 0 radical (unpaired) electrons. The van der Waals surface area contributed by atoms with Crippen LogP contribution in [0.15, 0.2) is 52.2 Å². The zero-order valence-electron chi connectivity index (χ0n) is 22.2. The molecule has 3 N–H and O–H groups in total. The Morgan fingerprint density at radius 2 is 2.00 bits per heavy atom. The highest BCUT2D eigenvalue weighted by Gasteiger charge is 2.48. The summed E-state index contributed by atoms with van der Waals surface area (Å²) in [7, 11) is 0. The number of hydrogen-bond donors (Lipinski definition) is 3. The molecule has 1 aliphatic heterocycles. The number of hydrogen-bond acceptors (Lipinski definition) is 9. The number of nitrogens with one attached hydrogen (secondary N) is 2. The Balaban J connectivity index is 1.84. The van der Waals surface area contributed by atoms with E-state index >= 15 is 0 Å². The van der Waals surface area contributed by atoms with Gasteiger partial charge in [-0.05, 0) is 50.1 Å². The number of aromatic amines is 1. The average Bonchev–Trinajstić information content (AvgIpc) is 3.19. The van der Waals surface area contributed by atoms with Crippen molar-refractivity contribution in [3.05, 3.63) is 63.4 Å². The Kier molecular flexibility index (Phi) is 10.3. The first-order valence-electron chi connectivity index (χ1n) is 12.5. The van der Waals surface area contributed by atoms with Gasteiger partial charge in [-0.3, -0.25) is 19.1 Å². The number of carbonyl (C=O) groups is 1. The van der Waals surface area contributed by atoms with Crippen molar-refractivity contribution in [2.24, 2.45) is 5.92 Å². The van der Waals surface area contributed by atoms with Crippen LogP contribution < -0.4 is 20.9 Å². The standard InChI is InChI=1S/C26H34N3O8PS/c1-6-26(33)15-20(36-24(26)29-13-12-22(30)27-25(29)32)16-34-38(39,37-19-10-8-7-9-11-19)28-21(14-17(2)3)23(31)35-18(4)5/h1,7-13,17-18,20-21,24,33H,14-16H2,2-5H3,(H,28,39)(H,27,30,32)/t20-,21-,24+,26+,38?/m0/s1. The highest BCUT2D eigenvalue weighted by molar-refractivity contribution is 8.09. The third kappa shape index (κ3) is 8.35. The van der Waals surface area contributed by atoms with Gasteiger partial charge >= 0.3 is 18.3 Å². The van der Waals surface area contributed by atoms with Gasteiger partial charge in [0.2, 0.25) is 0 Å². The largest absolute Gasteiger partial charge is 0.462 e. The normalized spacial score (nSPS) is 23.2. The topological polar surface area (TPSA) is 141 Å². The van der Waals surface area contributed by atoms with Crippen LogP contribution in [0.4, 0.5) is 0 Å². The molecule has 3 rings (SSSR count). The summed E-state index contributed by atoms with van der Waals surface area (Å²) in [5, 5.41) is 14.1. The maximum absolute atomic E-state index is 12.9. The van der Waals surface area contributed by atoms with Crippen LogP contribution >= 0.6 is 6.64 Å². The lowest BCUT2D eigenvalue weighted by molar-refractivity contribution is -0.150. The highest BCUT2D eigenvalue weighted by Crippen LogP contribution is 2.47. The first-order valence-corrected chi connectivity index (χ1v) is 15.1. The quantitative estimate of drug-likeness (QED) is 0.195. The predicted octanol–water partition coefficient (Wildman–Crippen LogP) is 2.46. The maximum atomic E-state index is 12.9. The number of benzene rings is 1. The molecule has 1 fully saturated rings. The monoisotopic (exact) mass is 579 g/mol. The molecule has 1 saturated heterocycles. The van der Waals surface area contributed by atoms with E-state index in [0.29, 0.717) is 12.2 Å². The molecule has 0 aliphatic carbocycles. The van der Waals surface area contributed by atoms with Crippen LogP contribution in [0, 0.1) is 18.3 Å². The first kappa shape index (κ1) is 30.8. The SMILES string of the molecule is C#C[C@@]1(O)C[C@@H](COP(=S)(N[C@@H](CC(C)C)C(=O)OC(C)C)Oc2ccccc2)O[C@H]1n1ccc(=O)[nH]c1=O. The fourth-order valence-corrected chi connectivity index (χ4v) is 6.35. The van der Waals surface area contributed by atoms with Gasteiger partial charge in [-0.1, -0.05) is 38.0 Å². The van der Waals surface area contributed by atoms with E-state index in [1.807, 2.05) is 19.9 Å². The number of para-hydroxylation sites is 1. The van der Waals surface area contributed by atoms with Crippen molar-refractivity contribution in [3.63, 3.8) is 0 Å². The highest BCUT2D eigenvalue weighted by atomic mass is 32.5. The van der Waals surface area contributed by atoms with Crippen molar-refractivity contribution in [3.8, 4) is 18.1 Å². The van der Waals surface area contributed by atoms with Crippen LogP contribution in [0.5, 0.6) is 5.75 Å². The zero-order valence-corrected chi connectivity index (χ0v) is 23.9. The summed E-state index contributed by atoms with van der Waals surface area (Å²) in [5.74, 6) is 2.36. The van der Waals surface area contributed by atoms with Crippen molar-refractivity contribution in [1.82, 2.24) is 14.6 Å². The minimum atomic E-state index is -3.41. The van der Waals surface area contributed by atoms with Gasteiger partial charge in [0.25, 0.3) is 5.56 Å². The number of rotatable bonds is 12. The summed E-state index contributed by atoms with van der Waals surface area (Å²) in [6, 6.07) is 9.09. The van der Waals surface area contributed by atoms with Crippen molar-refractivity contribution >= 4 is 24.4 Å². The number of terminal acetylenes is 1. The second-order valence-electron chi connectivity index (χ2n) is 9.90. The fourth-order valence-electron chi connectivity index (χ4n) is 4.00. The van der Waals surface area contributed by atoms with Gasteiger partial charge < -0.3 is 23.6 Å². The Bertz CT molecular complexity index is 1340. The number of esters is 1. The number of carbonyl (C=O) groups excluding carboxylic acids is 1. The Hall–Kier alpha value is -2.78. The van der Waals surface area contributed by atoms with Crippen molar-refractivity contribution < 1.29 is 28.4 Å². The zero-order chi connectivity index (χ0) is 28.8. The lowest BCUT2D eigenvalue weighted by Crippen LogP contribution is -2.41. The second-order valence-corrected chi connectivity index (χ2v) is 13.0. The molecule has 2 heterocycles. The predicted molar refractivity (Wildman–Crippen MR) is 149 cm³/mol. The molecule has 0 saturated carbocycles. The average molecular weight is 580 g/mol. The lowest BCUT2D eigenvalue weighted by Gasteiger charge is -2.29. The van der Waals surface area contributed by atoms with E-state index in [4.69, 9.17) is 36.8 Å². The van der Waals surface area contributed by atoms with E-state index in [0.717, 1.165) is 10.6 Å². The summed E-state index contributed by atoms with van der Waals surface area (Å²) >= 11 is 5.82. The molecule has 13 heteroatoms.